The van der Waals surface area contributed by atoms with E-state index in [4.69, 9.17) is 4.74 Å². The Balaban J connectivity index is 1.76. The summed E-state index contributed by atoms with van der Waals surface area (Å²) < 4.78 is 20.4. The molecule has 184 valence electrons. The van der Waals surface area contributed by atoms with Crippen LogP contribution in [-0.4, -0.2) is 40.1 Å². The number of nitrogens with one attached hydrogen (secondary N) is 1. The van der Waals surface area contributed by atoms with Crippen LogP contribution in [0.25, 0.3) is 16.6 Å². The standard InChI is InChI=1S/C27H24FN3O4S/c1-16(2)29-25(33)18-9-12-22-23(13-18)30-27(31(26(22)34)20-6-4-5-19(28)14-20)36-15-24(32)17-7-10-21(35-3)11-8-17/h4-14,16H,15H2,1-3H3,(H,29,33). The summed E-state index contributed by atoms with van der Waals surface area (Å²) in [5.41, 5.74) is 1.01. The molecule has 1 amide bonds. The van der Waals surface area contributed by atoms with Crippen LogP contribution < -0.4 is 15.6 Å². The maximum Gasteiger partial charge on any atom is 0.266 e. The van der Waals surface area contributed by atoms with Crippen LogP contribution in [0.15, 0.2) is 76.7 Å². The van der Waals surface area contributed by atoms with E-state index in [1.54, 1.807) is 49.6 Å². The maximum atomic E-state index is 14.0. The van der Waals surface area contributed by atoms with Gasteiger partial charge in [-0.2, -0.15) is 0 Å². The highest BCUT2D eigenvalue weighted by Crippen LogP contribution is 2.24. The van der Waals surface area contributed by atoms with Gasteiger partial charge >= 0.3 is 0 Å². The summed E-state index contributed by atoms with van der Waals surface area (Å²) in [6, 6.07) is 16.9. The van der Waals surface area contributed by atoms with Gasteiger partial charge in [0.05, 0.1) is 29.5 Å². The van der Waals surface area contributed by atoms with Crippen LogP contribution in [0.2, 0.25) is 0 Å². The van der Waals surface area contributed by atoms with Crippen molar-refractivity contribution in [2.75, 3.05) is 12.9 Å². The van der Waals surface area contributed by atoms with Crippen LogP contribution in [0, 0.1) is 5.82 Å². The van der Waals surface area contributed by atoms with Gasteiger partial charge in [0.15, 0.2) is 10.9 Å². The maximum absolute atomic E-state index is 14.0. The predicted octanol–water partition coefficient (Wildman–Crippen LogP) is 4.65. The zero-order chi connectivity index (χ0) is 25.8. The molecule has 0 aliphatic carbocycles. The molecule has 0 bridgehead atoms. The first-order chi connectivity index (χ1) is 17.3. The van der Waals surface area contributed by atoms with Gasteiger partial charge in [-0.15, -0.1) is 0 Å². The Morgan fingerprint density at radius 1 is 1.06 bits per heavy atom. The number of fused-ring (bicyclic) bond motifs is 1. The van der Waals surface area contributed by atoms with Crippen molar-refractivity contribution < 1.29 is 18.7 Å². The number of nitrogens with zero attached hydrogens (tertiary/aromatic N) is 2. The summed E-state index contributed by atoms with van der Waals surface area (Å²) in [5, 5.41) is 3.29. The molecule has 1 N–H and O–H groups in total. The fourth-order valence-electron chi connectivity index (χ4n) is 3.58. The smallest absolute Gasteiger partial charge is 0.266 e. The molecule has 0 radical (unpaired) electrons. The van der Waals surface area contributed by atoms with E-state index in [-0.39, 0.29) is 39.7 Å². The first-order valence-corrected chi connectivity index (χ1v) is 12.2. The van der Waals surface area contributed by atoms with Gasteiger partial charge in [-0.05, 0) is 74.5 Å². The molecule has 0 aliphatic heterocycles. The third-order valence-electron chi connectivity index (χ3n) is 5.33. The van der Waals surface area contributed by atoms with Gasteiger partial charge in [-0.25, -0.2) is 9.37 Å². The first kappa shape index (κ1) is 25.1. The van der Waals surface area contributed by atoms with E-state index in [9.17, 15) is 18.8 Å². The molecule has 36 heavy (non-hydrogen) atoms. The zero-order valence-corrected chi connectivity index (χ0v) is 20.8. The van der Waals surface area contributed by atoms with Crippen LogP contribution in [0.3, 0.4) is 0 Å². The van der Waals surface area contributed by atoms with E-state index in [0.29, 0.717) is 22.4 Å². The third kappa shape index (κ3) is 5.46. The van der Waals surface area contributed by atoms with Gasteiger partial charge in [0.1, 0.15) is 11.6 Å². The van der Waals surface area contributed by atoms with Crippen LogP contribution in [0.1, 0.15) is 34.6 Å². The Kier molecular flexibility index (Phi) is 7.49. The highest BCUT2D eigenvalue weighted by Gasteiger charge is 2.18. The number of carbonyl (C=O) groups is 2. The topological polar surface area (TPSA) is 90.3 Å². The Labute approximate surface area is 211 Å². The van der Waals surface area contributed by atoms with Crippen molar-refractivity contribution in [2.45, 2.75) is 25.0 Å². The Morgan fingerprint density at radius 2 is 1.78 bits per heavy atom. The lowest BCUT2D eigenvalue weighted by atomic mass is 10.1. The molecule has 7 nitrogen and oxygen atoms in total. The average molecular weight is 506 g/mol. The molecular formula is C27H24FN3O4S. The largest absolute Gasteiger partial charge is 0.497 e. The number of methoxy groups -OCH3 is 1. The van der Waals surface area contributed by atoms with Gasteiger partial charge in [0.2, 0.25) is 0 Å². The number of Topliss-reactive ketones (excluding diaryl/α,β-unsaturated/α-hetero) is 1. The molecule has 0 fully saturated rings. The third-order valence-corrected chi connectivity index (χ3v) is 6.27. The second-order valence-corrected chi connectivity index (χ2v) is 9.26. The molecule has 9 heteroatoms. The number of amides is 1. The molecule has 1 aromatic heterocycles. The molecule has 4 rings (SSSR count). The van der Waals surface area contributed by atoms with E-state index in [2.05, 4.69) is 10.3 Å². The predicted molar refractivity (Wildman–Crippen MR) is 138 cm³/mol. The van der Waals surface area contributed by atoms with Crippen molar-refractivity contribution in [3.8, 4) is 11.4 Å². The summed E-state index contributed by atoms with van der Waals surface area (Å²) in [4.78, 5) is 43.4. The van der Waals surface area contributed by atoms with E-state index < -0.39 is 11.4 Å². The van der Waals surface area contributed by atoms with Crippen molar-refractivity contribution >= 4 is 34.4 Å². The molecule has 0 saturated heterocycles. The van der Waals surface area contributed by atoms with Crippen molar-refractivity contribution in [1.29, 1.82) is 0 Å². The summed E-state index contributed by atoms with van der Waals surface area (Å²) in [5.74, 6) is -0.342. The summed E-state index contributed by atoms with van der Waals surface area (Å²) >= 11 is 1.06. The summed E-state index contributed by atoms with van der Waals surface area (Å²) in [7, 11) is 1.54. The minimum atomic E-state index is -0.509. The molecular weight excluding hydrogens is 481 g/mol. The fraction of sp³-hybridized carbons (Fsp3) is 0.185. The fourth-order valence-corrected chi connectivity index (χ4v) is 4.49. The molecule has 4 aromatic rings. The summed E-state index contributed by atoms with van der Waals surface area (Å²) in [6.07, 6.45) is 0. The number of rotatable bonds is 8. The highest BCUT2D eigenvalue weighted by molar-refractivity contribution is 7.99. The van der Waals surface area contributed by atoms with Crippen LogP contribution in [-0.2, 0) is 0 Å². The Hall–Kier alpha value is -3.98. The lowest BCUT2D eigenvalue weighted by Crippen LogP contribution is -2.30. The van der Waals surface area contributed by atoms with E-state index in [0.717, 1.165) is 11.8 Å². The summed E-state index contributed by atoms with van der Waals surface area (Å²) in [6.45, 7) is 3.70. The number of hydrogen-bond donors (Lipinski definition) is 1. The highest BCUT2D eigenvalue weighted by atomic mass is 32.2. The first-order valence-electron chi connectivity index (χ1n) is 11.2. The molecule has 0 unspecified atom stereocenters. The molecule has 1 heterocycles. The van der Waals surface area contributed by atoms with Gasteiger partial charge in [-0.1, -0.05) is 17.8 Å². The average Bonchev–Trinajstić information content (AvgIpc) is 2.86. The van der Waals surface area contributed by atoms with Crippen molar-refractivity contribution in [3.05, 3.63) is 94.0 Å². The van der Waals surface area contributed by atoms with Gasteiger partial charge in [0.25, 0.3) is 11.5 Å². The number of hydrogen-bond acceptors (Lipinski definition) is 6. The Morgan fingerprint density at radius 3 is 2.44 bits per heavy atom. The van der Waals surface area contributed by atoms with Crippen molar-refractivity contribution in [2.24, 2.45) is 0 Å². The number of ketones is 1. The van der Waals surface area contributed by atoms with Crippen molar-refractivity contribution in [3.63, 3.8) is 0 Å². The quantitative estimate of drug-likeness (QED) is 0.213. The number of aromatic nitrogens is 2. The van der Waals surface area contributed by atoms with E-state index in [1.165, 1.54) is 28.8 Å². The minimum Gasteiger partial charge on any atom is -0.497 e. The molecule has 0 atom stereocenters. The number of benzene rings is 3. The van der Waals surface area contributed by atoms with E-state index in [1.807, 2.05) is 13.8 Å². The Bertz CT molecular complexity index is 1500. The van der Waals surface area contributed by atoms with Crippen LogP contribution in [0.4, 0.5) is 4.39 Å². The van der Waals surface area contributed by atoms with Crippen LogP contribution in [0.5, 0.6) is 5.75 Å². The number of carbonyl (C=O) groups excluding carboxylic acids is 2. The number of halogens is 1. The minimum absolute atomic E-state index is 0.00683. The lowest BCUT2D eigenvalue weighted by molar-refractivity contribution is 0.0942. The molecule has 0 aliphatic rings. The second-order valence-electron chi connectivity index (χ2n) is 8.32. The number of ether oxygens (including phenoxy) is 1. The van der Waals surface area contributed by atoms with Gasteiger partial charge in [0, 0.05) is 17.2 Å². The SMILES string of the molecule is COc1ccc(C(=O)CSc2nc3cc(C(=O)NC(C)C)ccc3c(=O)n2-c2cccc(F)c2)cc1. The monoisotopic (exact) mass is 505 g/mol. The normalized spacial score (nSPS) is 11.0. The second kappa shape index (κ2) is 10.7. The van der Waals surface area contributed by atoms with Gasteiger partial charge in [-0.3, -0.25) is 19.0 Å². The van der Waals surface area contributed by atoms with Gasteiger partial charge < -0.3 is 10.1 Å². The number of thioether (sulfide) groups is 1. The molecule has 3 aromatic carbocycles. The zero-order valence-electron chi connectivity index (χ0n) is 19.9. The molecule has 0 spiro atoms. The van der Waals surface area contributed by atoms with Crippen molar-refractivity contribution in [1.82, 2.24) is 14.9 Å². The molecule has 0 saturated carbocycles. The lowest BCUT2D eigenvalue weighted by Gasteiger charge is -2.14. The van der Waals surface area contributed by atoms with E-state index >= 15 is 0 Å². The van der Waals surface area contributed by atoms with Crippen LogP contribution >= 0.6 is 11.8 Å².